The molecule has 3 N–H and O–H groups in total. The fraction of sp³-hybridized carbons (Fsp3) is 0.143. The van der Waals surface area contributed by atoms with Crippen molar-refractivity contribution < 1.29 is 9.50 Å². The number of aliphatic hydroxyl groups excluding tert-OH is 1. The van der Waals surface area contributed by atoms with Gasteiger partial charge in [0, 0.05) is 27.2 Å². The van der Waals surface area contributed by atoms with Crippen LogP contribution in [0.1, 0.15) is 17.2 Å². The predicted octanol–water partition coefficient (Wildman–Crippen LogP) is 4.10. The third kappa shape index (κ3) is 3.47. The third-order valence-corrected chi connectivity index (χ3v) is 3.56. The van der Waals surface area contributed by atoms with Crippen molar-refractivity contribution in [2.24, 2.45) is 0 Å². The molecule has 0 fully saturated rings. The molecule has 2 aromatic rings. The van der Waals surface area contributed by atoms with E-state index in [1.54, 1.807) is 30.3 Å². The summed E-state index contributed by atoms with van der Waals surface area (Å²) in [5.74, 6) is -0.352. The average Bonchev–Trinajstić information content (AvgIpc) is 2.33. The van der Waals surface area contributed by atoms with Crippen LogP contribution in [0.5, 0.6) is 0 Å². The van der Waals surface area contributed by atoms with E-state index in [2.05, 4.69) is 15.9 Å². The van der Waals surface area contributed by atoms with Gasteiger partial charge in [0.1, 0.15) is 5.82 Å². The second kappa shape index (κ2) is 5.90. The number of halogens is 3. The Hall–Kier alpha value is -1.10. The van der Waals surface area contributed by atoms with Gasteiger partial charge in [-0.3, -0.25) is 0 Å². The molecule has 100 valence electrons. The fourth-order valence-corrected chi connectivity index (χ4v) is 2.46. The number of hydrogen-bond acceptors (Lipinski definition) is 2. The Balaban J connectivity index is 2.25. The number of nitrogen functional groups attached to an aromatic ring is 1. The number of aliphatic hydroxyl groups is 1. The normalized spacial score (nSPS) is 12.4. The maximum Gasteiger partial charge on any atom is 0.126 e. The Kier molecular flexibility index (Phi) is 4.45. The van der Waals surface area contributed by atoms with Crippen LogP contribution in [0.4, 0.5) is 10.1 Å². The highest BCUT2D eigenvalue weighted by atomic mass is 79.9. The van der Waals surface area contributed by atoms with Gasteiger partial charge in [0.05, 0.1) is 6.10 Å². The van der Waals surface area contributed by atoms with Crippen molar-refractivity contribution in [1.82, 2.24) is 0 Å². The summed E-state index contributed by atoms with van der Waals surface area (Å²) in [6, 6.07) is 9.48. The molecule has 2 aromatic carbocycles. The first-order chi connectivity index (χ1) is 8.97. The molecule has 0 amide bonds. The number of benzene rings is 2. The number of nitrogens with two attached hydrogens (primary N) is 1. The maximum atomic E-state index is 13.6. The monoisotopic (exact) mass is 343 g/mol. The van der Waals surface area contributed by atoms with Crippen molar-refractivity contribution in [2.45, 2.75) is 12.5 Å². The van der Waals surface area contributed by atoms with Crippen LogP contribution in [0.3, 0.4) is 0 Å². The summed E-state index contributed by atoms with van der Waals surface area (Å²) in [4.78, 5) is 0. The van der Waals surface area contributed by atoms with Gasteiger partial charge in [-0.15, -0.1) is 0 Å². The van der Waals surface area contributed by atoms with Crippen molar-refractivity contribution in [1.29, 1.82) is 0 Å². The van der Waals surface area contributed by atoms with E-state index < -0.39 is 6.10 Å². The summed E-state index contributed by atoms with van der Waals surface area (Å²) in [5.41, 5.74) is 7.17. The summed E-state index contributed by atoms with van der Waals surface area (Å²) >= 11 is 9.08. The molecule has 0 aliphatic heterocycles. The van der Waals surface area contributed by atoms with Gasteiger partial charge >= 0.3 is 0 Å². The highest BCUT2D eigenvalue weighted by Crippen LogP contribution is 2.28. The number of anilines is 1. The molecular formula is C14H12BrClFNO. The minimum absolute atomic E-state index is 0.150. The van der Waals surface area contributed by atoms with Gasteiger partial charge in [-0.1, -0.05) is 33.6 Å². The molecule has 0 aliphatic rings. The molecule has 2 rings (SSSR count). The highest BCUT2D eigenvalue weighted by Gasteiger charge is 2.14. The molecule has 1 unspecified atom stereocenters. The molecule has 0 saturated heterocycles. The van der Waals surface area contributed by atoms with E-state index in [4.69, 9.17) is 17.3 Å². The van der Waals surface area contributed by atoms with Gasteiger partial charge in [-0.05, 0) is 35.9 Å². The summed E-state index contributed by atoms with van der Waals surface area (Å²) in [5, 5.41) is 10.7. The van der Waals surface area contributed by atoms with Gasteiger partial charge in [0.15, 0.2) is 0 Å². The van der Waals surface area contributed by atoms with Gasteiger partial charge in [0.2, 0.25) is 0 Å². The van der Waals surface area contributed by atoms with Crippen LogP contribution < -0.4 is 5.73 Å². The lowest BCUT2D eigenvalue weighted by atomic mass is 10.00. The fourth-order valence-electron chi connectivity index (χ4n) is 1.87. The van der Waals surface area contributed by atoms with E-state index in [1.165, 1.54) is 6.07 Å². The molecule has 2 nitrogen and oxygen atoms in total. The molecule has 0 spiro atoms. The largest absolute Gasteiger partial charge is 0.398 e. The van der Waals surface area contributed by atoms with E-state index in [0.29, 0.717) is 21.8 Å². The molecule has 0 radical (unpaired) electrons. The molecule has 0 aliphatic carbocycles. The first-order valence-electron chi connectivity index (χ1n) is 5.64. The van der Waals surface area contributed by atoms with Gasteiger partial charge < -0.3 is 10.8 Å². The van der Waals surface area contributed by atoms with Crippen LogP contribution in [0.25, 0.3) is 0 Å². The molecular weight excluding hydrogens is 333 g/mol. The highest BCUT2D eigenvalue weighted by molar-refractivity contribution is 9.10. The van der Waals surface area contributed by atoms with Crippen LogP contribution in [0, 0.1) is 5.82 Å². The van der Waals surface area contributed by atoms with Crippen molar-refractivity contribution in [3.63, 3.8) is 0 Å². The number of hydrogen-bond donors (Lipinski definition) is 2. The SMILES string of the molecule is Nc1cc(Cl)ccc1C(O)Cc1cc(Br)ccc1F. The molecule has 5 heteroatoms. The van der Waals surface area contributed by atoms with E-state index in [-0.39, 0.29) is 12.2 Å². The van der Waals surface area contributed by atoms with Gasteiger partial charge in [-0.2, -0.15) is 0 Å². The zero-order chi connectivity index (χ0) is 14.0. The Morgan fingerprint density at radius 2 is 2.00 bits per heavy atom. The summed E-state index contributed by atoms with van der Waals surface area (Å²) in [7, 11) is 0. The molecule has 0 heterocycles. The van der Waals surface area contributed by atoms with Crippen molar-refractivity contribution in [3.05, 3.63) is 62.8 Å². The van der Waals surface area contributed by atoms with E-state index >= 15 is 0 Å². The smallest absolute Gasteiger partial charge is 0.126 e. The standard InChI is InChI=1S/C14H12BrClFNO/c15-9-1-4-12(17)8(5-9)6-14(19)11-3-2-10(16)7-13(11)18/h1-5,7,14,19H,6,18H2. The zero-order valence-electron chi connectivity index (χ0n) is 9.91. The second-order valence-electron chi connectivity index (χ2n) is 4.23. The van der Waals surface area contributed by atoms with E-state index in [1.807, 2.05) is 0 Å². The average molecular weight is 345 g/mol. The molecule has 0 aromatic heterocycles. The first kappa shape index (κ1) is 14.3. The van der Waals surface area contributed by atoms with E-state index in [0.717, 1.165) is 4.47 Å². The summed E-state index contributed by atoms with van der Waals surface area (Å²) in [6.07, 6.45) is -0.724. The lowest BCUT2D eigenvalue weighted by Crippen LogP contribution is -2.06. The lowest BCUT2D eigenvalue weighted by Gasteiger charge is -2.14. The van der Waals surface area contributed by atoms with Crippen molar-refractivity contribution >= 4 is 33.2 Å². The lowest BCUT2D eigenvalue weighted by molar-refractivity contribution is 0.178. The number of rotatable bonds is 3. The van der Waals surface area contributed by atoms with Crippen LogP contribution in [-0.2, 0) is 6.42 Å². The van der Waals surface area contributed by atoms with E-state index in [9.17, 15) is 9.50 Å². The first-order valence-corrected chi connectivity index (χ1v) is 6.81. The quantitative estimate of drug-likeness (QED) is 0.824. The molecule has 0 bridgehead atoms. The minimum atomic E-state index is -0.874. The zero-order valence-corrected chi connectivity index (χ0v) is 12.2. The van der Waals surface area contributed by atoms with Crippen LogP contribution >= 0.6 is 27.5 Å². The van der Waals surface area contributed by atoms with Crippen LogP contribution in [0.15, 0.2) is 40.9 Å². The van der Waals surface area contributed by atoms with Gasteiger partial charge in [0.25, 0.3) is 0 Å². The second-order valence-corrected chi connectivity index (χ2v) is 5.58. The topological polar surface area (TPSA) is 46.2 Å². The maximum absolute atomic E-state index is 13.6. The third-order valence-electron chi connectivity index (χ3n) is 2.83. The van der Waals surface area contributed by atoms with Crippen molar-refractivity contribution in [2.75, 3.05) is 5.73 Å². The predicted molar refractivity (Wildman–Crippen MR) is 78.6 cm³/mol. The van der Waals surface area contributed by atoms with Crippen LogP contribution in [0.2, 0.25) is 5.02 Å². The molecule has 19 heavy (non-hydrogen) atoms. The molecule has 0 saturated carbocycles. The Bertz CT molecular complexity index is 606. The van der Waals surface area contributed by atoms with Crippen LogP contribution in [-0.4, -0.2) is 5.11 Å². The van der Waals surface area contributed by atoms with Crippen molar-refractivity contribution in [3.8, 4) is 0 Å². The van der Waals surface area contributed by atoms with Gasteiger partial charge in [-0.25, -0.2) is 4.39 Å². The Morgan fingerprint density at radius 1 is 1.26 bits per heavy atom. The summed E-state index contributed by atoms with van der Waals surface area (Å²) in [6.45, 7) is 0. The molecule has 1 atom stereocenters. The summed E-state index contributed by atoms with van der Waals surface area (Å²) < 4.78 is 14.4. The Labute approximate surface area is 124 Å². The minimum Gasteiger partial charge on any atom is -0.398 e. The Morgan fingerprint density at radius 3 is 2.68 bits per heavy atom.